The van der Waals surface area contributed by atoms with Crippen LogP contribution in [0.4, 0.5) is 0 Å². The van der Waals surface area contributed by atoms with Gasteiger partial charge < -0.3 is 18.6 Å². The summed E-state index contributed by atoms with van der Waals surface area (Å²) in [4.78, 5) is 0. The van der Waals surface area contributed by atoms with Crippen LogP contribution in [-0.2, 0) is 4.43 Å². The van der Waals surface area contributed by atoms with Gasteiger partial charge in [0.1, 0.15) is 0 Å². The Bertz CT molecular complexity index is 505. The largest absolute Gasteiger partial charge is 0.545 e. The van der Waals surface area contributed by atoms with Crippen LogP contribution < -0.4 is 14.2 Å². The number of ether oxygens (including phenoxy) is 3. The molecule has 4 nitrogen and oxygen atoms in total. The molecule has 0 saturated heterocycles. The van der Waals surface area contributed by atoms with Crippen LogP contribution >= 0.6 is 0 Å². The summed E-state index contributed by atoms with van der Waals surface area (Å²) in [5.74, 6) is 2.47. The smallest absolute Gasteiger partial charge is 0.242 e. The third kappa shape index (κ3) is 5.19. The highest BCUT2D eigenvalue weighted by atomic mass is 28.4. The van der Waals surface area contributed by atoms with Crippen LogP contribution in [0.3, 0.4) is 0 Å². The molecule has 1 aromatic carbocycles. The van der Waals surface area contributed by atoms with Gasteiger partial charge in [0.2, 0.25) is 14.1 Å². The van der Waals surface area contributed by atoms with E-state index in [1.807, 2.05) is 24.3 Å². The number of allylic oxidation sites excluding steroid dienone is 1. The number of hydrogen-bond donors (Lipinski definition) is 0. The highest BCUT2D eigenvalue weighted by Gasteiger charge is 2.16. The molecule has 21 heavy (non-hydrogen) atoms. The Hall–Kier alpha value is -1.88. The Morgan fingerprint density at radius 2 is 1.52 bits per heavy atom. The van der Waals surface area contributed by atoms with E-state index in [2.05, 4.69) is 26.2 Å². The molecule has 1 rings (SSSR count). The lowest BCUT2D eigenvalue weighted by Gasteiger charge is -2.19. The number of methoxy groups -OCH3 is 3. The van der Waals surface area contributed by atoms with E-state index < -0.39 is 8.32 Å². The summed E-state index contributed by atoms with van der Waals surface area (Å²) in [6.45, 7) is 10.3. The number of benzene rings is 1. The van der Waals surface area contributed by atoms with Gasteiger partial charge in [-0.25, -0.2) is 0 Å². The monoisotopic (exact) mass is 308 g/mol. The van der Waals surface area contributed by atoms with Crippen molar-refractivity contribution >= 4 is 14.4 Å². The van der Waals surface area contributed by atoms with Gasteiger partial charge in [-0.05, 0) is 43.4 Å². The Labute approximate surface area is 128 Å². The van der Waals surface area contributed by atoms with Crippen LogP contribution in [0, 0.1) is 0 Å². The molecule has 0 heterocycles. The van der Waals surface area contributed by atoms with E-state index in [1.165, 1.54) is 0 Å². The van der Waals surface area contributed by atoms with Crippen molar-refractivity contribution in [3.05, 3.63) is 36.1 Å². The van der Waals surface area contributed by atoms with Crippen LogP contribution in [0.15, 0.2) is 30.5 Å². The van der Waals surface area contributed by atoms with Gasteiger partial charge in [-0.2, -0.15) is 0 Å². The lowest BCUT2D eigenvalue weighted by atomic mass is 10.1. The van der Waals surface area contributed by atoms with Gasteiger partial charge in [0.25, 0.3) is 0 Å². The van der Waals surface area contributed by atoms with Crippen molar-refractivity contribution < 1.29 is 18.6 Å². The Balaban J connectivity index is 3.01. The molecule has 0 amide bonds. The summed E-state index contributed by atoms with van der Waals surface area (Å²) < 4.78 is 21.7. The molecule has 0 aliphatic rings. The van der Waals surface area contributed by atoms with Crippen molar-refractivity contribution in [1.29, 1.82) is 0 Å². The molecule has 0 aliphatic carbocycles. The fourth-order valence-electron chi connectivity index (χ4n) is 1.81. The molecule has 0 N–H and O–H groups in total. The van der Waals surface area contributed by atoms with Crippen molar-refractivity contribution in [1.82, 2.24) is 0 Å². The zero-order valence-corrected chi connectivity index (χ0v) is 14.6. The van der Waals surface area contributed by atoms with Crippen LogP contribution in [-0.4, -0.2) is 29.6 Å². The van der Waals surface area contributed by atoms with Crippen molar-refractivity contribution in [3.8, 4) is 17.2 Å². The topological polar surface area (TPSA) is 36.9 Å². The van der Waals surface area contributed by atoms with E-state index >= 15 is 0 Å². The minimum absolute atomic E-state index is 0.578. The van der Waals surface area contributed by atoms with Gasteiger partial charge in [-0.1, -0.05) is 12.7 Å². The first-order chi connectivity index (χ1) is 9.80. The summed E-state index contributed by atoms with van der Waals surface area (Å²) >= 11 is 0. The summed E-state index contributed by atoms with van der Waals surface area (Å²) in [5, 5.41) is 0. The standard InChI is InChI=1S/C16H24O4Si/c1-12(20-21(5,6)7)8-9-13-10-14(17-2)16(19-4)15(11-13)18-3/h8-11H,1H2,2-7H3/b9-8+. The molecule has 0 aromatic heterocycles. The lowest BCUT2D eigenvalue weighted by Crippen LogP contribution is -2.23. The van der Waals surface area contributed by atoms with Crippen molar-refractivity contribution in [2.24, 2.45) is 0 Å². The van der Waals surface area contributed by atoms with Gasteiger partial charge >= 0.3 is 0 Å². The normalized spacial score (nSPS) is 11.3. The summed E-state index contributed by atoms with van der Waals surface area (Å²) in [6.07, 6.45) is 3.76. The highest BCUT2D eigenvalue weighted by Crippen LogP contribution is 2.38. The fraction of sp³-hybridized carbons (Fsp3) is 0.375. The summed E-state index contributed by atoms with van der Waals surface area (Å²) in [7, 11) is 3.14. The summed E-state index contributed by atoms with van der Waals surface area (Å²) in [6, 6.07) is 3.75. The molecule has 116 valence electrons. The minimum Gasteiger partial charge on any atom is -0.545 e. The third-order valence-corrected chi connectivity index (χ3v) is 3.46. The van der Waals surface area contributed by atoms with Crippen LogP contribution in [0.1, 0.15) is 5.56 Å². The number of rotatable bonds is 7. The molecular formula is C16H24O4Si. The summed E-state index contributed by atoms with van der Waals surface area (Å²) in [5.41, 5.74) is 0.921. The van der Waals surface area contributed by atoms with Gasteiger partial charge in [0.05, 0.1) is 27.1 Å². The first-order valence-corrected chi connectivity index (χ1v) is 10.1. The SMILES string of the molecule is C=C(/C=C/c1cc(OC)c(OC)c(OC)c1)O[Si](C)(C)C. The van der Waals surface area contributed by atoms with Gasteiger partial charge in [-0.3, -0.25) is 0 Å². The fourth-order valence-corrected chi connectivity index (χ4v) is 2.67. The second-order valence-corrected chi connectivity index (χ2v) is 9.90. The maximum absolute atomic E-state index is 5.79. The van der Waals surface area contributed by atoms with Crippen molar-refractivity contribution in [2.45, 2.75) is 19.6 Å². The van der Waals surface area contributed by atoms with E-state index in [0.29, 0.717) is 23.0 Å². The van der Waals surface area contributed by atoms with Crippen molar-refractivity contribution in [2.75, 3.05) is 21.3 Å². The van der Waals surface area contributed by atoms with Crippen LogP contribution in [0.2, 0.25) is 19.6 Å². The van der Waals surface area contributed by atoms with E-state index in [1.54, 1.807) is 21.3 Å². The highest BCUT2D eigenvalue weighted by molar-refractivity contribution is 6.70. The average molecular weight is 308 g/mol. The van der Waals surface area contributed by atoms with E-state index in [9.17, 15) is 0 Å². The van der Waals surface area contributed by atoms with Gasteiger partial charge in [0, 0.05) is 0 Å². The molecule has 0 fully saturated rings. The first kappa shape index (κ1) is 17.2. The molecule has 5 heteroatoms. The second kappa shape index (κ2) is 7.22. The second-order valence-electron chi connectivity index (χ2n) is 5.47. The Morgan fingerprint density at radius 1 is 1.00 bits per heavy atom. The van der Waals surface area contributed by atoms with E-state index in [0.717, 1.165) is 5.56 Å². The zero-order chi connectivity index (χ0) is 16.0. The molecular weight excluding hydrogens is 284 g/mol. The Morgan fingerprint density at radius 3 is 1.90 bits per heavy atom. The number of hydrogen-bond acceptors (Lipinski definition) is 4. The van der Waals surface area contributed by atoms with Gasteiger partial charge in [-0.15, -0.1) is 0 Å². The molecule has 0 saturated carbocycles. The predicted octanol–water partition coefficient (Wildman–Crippen LogP) is 4.09. The Kier molecular flexibility index (Phi) is 5.90. The third-order valence-electron chi connectivity index (χ3n) is 2.59. The molecule has 0 spiro atoms. The molecule has 0 radical (unpaired) electrons. The molecule has 0 aliphatic heterocycles. The van der Waals surface area contributed by atoms with E-state index in [4.69, 9.17) is 18.6 Å². The van der Waals surface area contributed by atoms with Crippen molar-refractivity contribution in [3.63, 3.8) is 0 Å². The molecule has 0 atom stereocenters. The minimum atomic E-state index is -1.63. The maximum Gasteiger partial charge on any atom is 0.242 e. The average Bonchev–Trinajstić information content (AvgIpc) is 2.41. The first-order valence-electron chi connectivity index (χ1n) is 6.66. The quantitative estimate of drug-likeness (QED) is 0.432. The van der Waals surface area contributed by atoms with E-state index in [-0.39, 0.29) is 0 Å². The molecule has 0 bridgehead atoms. The molecule has 0 unspecified atom stereocenters. The zero-order valence-electron chi connectivity index (χ0n) is 13.6. The van der Waals surface area contributed by atoms with Gasteiger partial charge in [0.15, 0.2) is 11.5 Å². The van der Waals surface area contributed by atoms with Crippen LogP contribution in [0.25, 0.3) is 6.08 Å². The predicted molar refractivity (Wildman–Crippen MR) is 88.7 cm³/mol. The maximum atomic E-state index is 5.79. The van der Waals surface area contributed by atoms with Crippen LogP contribution in [0.5, 0.6) is 17.2 Å². The lowest BCUT2D eigenvalue weighted by molar-refractivity contribution is 0.324. The molecule has 1 aromatic rings.